The number of alkyl carbamates (subject to hydrolysis) is 1. The summed E-state index contributed by atoms with van der Waals surface area (Å²) >= 11 is 0. The second-order valence-electron chi connectivity index (χ2n) is 12.9. The van der Waals surface area contributed by atoms with Gasteiger partial charge in [0.2, 0.25) is 0 Å². The maximum Gasteiger partial charge on any atom is 0.481 e. The fourth-order valence-corrected chi connectivity index (χ4v) is 8.02. The number of phosphoric acid groups is 2. The van der Waals surface area contributed by atoms with E-state index in [0.717, 1.165) is 6.33 Å². The van der Waals surface area contributed by atoms with E-state index in [9.17, 15) is 48.5 Å². The Morgan fingerprint density at radius 2 is 1.72 bits per heavy atom. The van der Waals surface area contributed by atoms with Crippen molar-refractivity contribution in [3.8, 4) is 28.2 Å². The fraction of sp³-hybridized carbons (Fsp3) is 0.206. The molecule has 2 amide bonds. The molecule has 0 spiro atoms. The molecule has 2 aromatic carbocycles. The molecule has 4 aromatic rings. The minimum atomic E-state index is -5.48. The average molecular weight is 872 g/mol. The number of aliphatic hydroxyl groups excluding tert-OH is 1. The van der Waals surface area contributed by atoms with Crippen LogP contribution in [-0.4, -0.2) is 105 Å². The van der Waals surface area contributed by atoms with Crippen molar-refractivity contribution in [1.82, 2.24) is 30.2 Å². The number of carbonyl (C=O) groups is 3. The van der Waals surface area contributed by atoms with Crippen molar-refractivity contribution in [2.24, 2.45) is 0 Å². The Hall–Kier alpha value is -6.33. The van der Waals surface area contributed by atoms with Crippen LogP contribution in [0.15, 0.2) is 76.5 Å². The molecule has 1 saturated heterocycles. The highest BCUT2D eigenvalue weighted by molar-refractivity contribution is 7.60. The predicted octanol–water partition coefficient (Wildman–Crippen LogP) is 1.70. The second-order valence-corrected chi connectivity index (χ2v) is 15.7. The highest BCUT2D eigenvalue weighted by Crippen LogP contribution is 2.57. The number of hydrogen-bond acceptors (Lipinski definition) is 17. The number of rotatable bonds is 13. The number of carboxylic acid groups (broad SMARTS) is 1. The Morgan fingerprint density at radius 3 is 2.47 bits per heavy atom. The van der Waals surface area contributed by atoms with E-state index in [-0.39, 0.29) is 69.3 Å². The number of aromatic hydroxyl groups is 1. The van der Waals surface area contributed by atoms with E-state index in [1.54, 1.807) is 0 Å². The number of imidazole rings is 1. The van der Waals surface area contributed by atoms with E-state index in [2.05, 4.69) is 34.4 Å². The van der Waals surface area contributed by atoms with Crippen LogP contribution in [0, 0.1) is 0 Å². The van der Waals surface area contributed by atoms with Gasteiger partial charge in [-0.15, -0.1) is 0 Å². The van der Waals surface area contributed by atoms with Crippen LogP contribution in [0.1, 0.15) is 26.9 Å². The highest BCUT2D eigenvalue weighted by Gasteiger charge is 2.49. The first-order chi connectivity index (χ1) is 28.4. The van der Waals surface area contributed by atoms with Gasteiger partial charge in [0.25, 0.3) is 5.91 Å². The van der Waals surface area contributed by atoms with Crippen molar-refractivity contribution in [3.05, 3.63) is 88.6 Å². The molecule has 60 heavy (non-hydrogen) atoms. The number of phosphoric ester groups is 1. The molecule has 24 nitrogen and oxygen atoms in total. The number of benzene rings is 3. The van der Waals surface area contributed by atoms with Gasteiger partial charge in [-0.2, -0.15) is 4.31 Å². The molecular weight excluding hydrogens is 840 g/mol. The van der Waals surface area contributed by atoms with Crippen LogP contribution in [0.25, 0.3) is 44.6 Å². The SMILES string of the molecule is Nc1ncnc2c1ncn2[C@@H]1O[C@H](COP(=O)(O)OP(=O)(O)O)[C@@H](O)[C@H]1OC(=O)NCCNC(=O)c1ccc(C(=O)O)c(-c2c3ccc(=O)cc-3oc3cc(O)ccc23)c1. The molecule has 2 aliphatic heterocycles. The number of nitrogens with one attached hydrogen (secondary N) is 2. The Bertz CT molecular complexity index is 2790. The number of carboxylic acids is 1. The van der Waals surface area contributed by atoms with Gasteiger partial charge in [0.1, 0.15) is 41.1 Å². The molecule has 314 valence electrons. The molecule has 3 aliphatic rings. The van der Waals surface area contributed by atoms with E-state index < -0.39 is 64.8 Å². The van der Waals surface area contributed by atoms with Crippen molar-refractivity contribution in [1.29, 1.82) is 0 Å². The zero-order valence-corrected chi connectivity index (χ0v) is 32.0. The smallest absolute Gasteiger partial charge is 0.481 e. The summed E-state index contributed by atoms with van der Waals surface area (Å²) in [7, 11) is -10.9. The summed E-state index contributed by atoms with van der Waals surface area (Å²) < 4.78 is 49.8. The third kappa shape index (κ3) is 8.82. The van der Waals surface area contributed by atoms with Crippen LogP contribution < -0.4 is 21.8 Å². The number of nitrogens with zero attached hydrogens (tertiary/aromatic N) is 4. The maximum atomic E-state index is 13.4. The van der Waals surface area contributed by atoms with E-state index in [4.69, 9.17) is 29.4 Å². The van der Waals surface area contributed by atoms with Crippen molar-refractivity contribution in [3.63, 3.8) is 0 Å². The molecule has 1 fully saturated rings. The number of ether oxygens (including phenoxy) is 2. The average Bonchev–Trinajstić information content (AvgIpc) is 3.74. The number of nitrogens with two attached hydrogens (primary N) is 1. The van der Waals surface area contributed by atoms with Crippen LogP contribution in [0.5, 0.6) is 5.75 Å². The number of aromatic nitrogens is 4. The summed E-state index contributed by atoms with van der Waals surface area (Å²) in [5.74, 6) is -2.08. The largest absolute Gasteiger partial charge is 0.508 e. The lowest BCUT2D eigenvalue weighted by molar-refractivity contribution is -0.0522. The number of phenols is 1. The Labute approximate surface area is 334 Å². The number of phenolic OH excluding ortho intramolecular Hbond substituents is 1. The molecule has 5 atom stereocenters. The summed E-state index contributed by atoms with van der Waals surface area (Å²) in [6.45, 7) is -1.45. The molecule has 4 heterocycles. The first kappa shape index (κ1) is 41.8. The Morgan fingerprint density at radius 1 is 0.950 bits per heavy atom. The number of carbonyl (C=O) groups excluding carboxylic acids is 2. The zero-order chi connectivity index (χ0) is 43.1. The maximum absolute atomic E-state index is 13.4. The van der Waals surface area contributed by atoms with Gasteiger partial charge in [0.05, 0.1) is 18.5 Å². The van der Waals surface area contributed by atoms with Gasteiger partial charge in [-0.1, -0.05) is 0 Å². The van der Waals surface area contributed by atoms with Gasteiger partial charge in [-0.25, -0.2) is 33.7 Å². The molecule has 0 radical (unpaired) electrons. The van der Waals surface area contributed by atoms with Crippen LogP contribution in [-0.2, 0) is 27.4 Å². The molecule has 7 rings (SSSR count). The minimum Gasteiger partial charge on any atom is -0.508 e. The lowest BCUT2D eigenvalue weighted by atomic mass is 9.89. The number of nitrogen functional groups attached to an aromatic ring is 1. The quantitative estimate of drug-likeness (QED) is 0.0453. The van der Waals surface area contributed by atoms with Gasteiger partial charge in [-0.3, -0.25) is 18.7 Å². The van der Waals surface area contributed by atoms with Crippen molar-refractivity contribution in [2.75, 3.05) is 25.4 Å². The van der Waals surface area contributed by atoms with Crippen molar-refractivity contribution < 1.29 is 76.2 Å². The molecule has 2 aromatic heterocycles. The predicted molar refractivity (Wildman–Crippen MR) is 202 cm³/mol. The number of hydrogen-bond donors (Lipinski definition) is 9. The van der Waals surface area contributed by atoms with Gasteiger partial charge in [-0.05, 0) is 48.0 Å². The molecule has 26 heteroatoms. The van der Waals surface area contributed by atoms with Crippen LogP contribution in [0.2, 0.25) is 0 Å². The summed E-state index contributed by atoms with van der Waals surface area (Å²) in [6, 6.07) is 11.9. The second kappa shape index (κ2) is 16.4. The molecular formula is C34H31N7O17P2. The molecule has 0 bridgehead atoms. The molecule has 0 saturated carbocycles. The number of amides is 2. The number of anilines is 1. The highest BCUT2D eigenvalue weighted by atomic mass is 31.3. The third-order valence-corrected chi connectivity index (χ3v) is 11.1. The summed E-state index contributed by atoms with van der Waals surface area (Å²) in [6.07, 6.45) is -5.31. The topological polar surface area (TPSA) is 368 Å². The molecule has 1 unspecified atom stereocenters. The number of fused-ring (bicyclic) bond motifs is 3. The first-order valence-corrected chi connectivity index (χ1v) is 20.2. The van der Waals surface area contributed by atoms with Crippen LogP contribution >= 0.6 is 15.6 Å². The normalized spacial score (nSPS) is 19.0. The Kier molecular flexibility index (Phi) is 11.4. The lowest BCUT2D eigenvalue weighted by Crippen LogP contribution is -2.41. The summed E-state index contributed by atoms with van der Waals surface area (Å²) in [5.41, 5.74) is 6.38. The number of aromatic carboxylic acids is 1. The van der Waals surface area contributed by atoms with E-state index in [1.807, 2.05) is 0 Å². The minimum absolute atomic E-state index is 0.0110. The van der Waals surface area contributed by atoms with Crippen molar-refractivity contribution in [2.45, 2.75) is 24.5 Å². The standard InChI is InChI=1S/C34H31N7O17P2/c35-29-26-30(39-13-38-29)41(14-40-26)32-28(27(44)24(56-32)12-54-60(52,53)58-59(49,50)51)57-34(48)37-8-7-36-31(45)15-1-4-18(33(46)47)21(9-15)25-19-5-2-16(42)10-22(19)55-23-11-17(43)3-6-20(23)25/h1-6,9-11,13-14,24,27-28,32,42,44H,7-8,12H2,(H,36,45)(H,37,48)(H,46,47)(H,52,53)(H2,35,38,39)(H2,49,50,51)/t24-,27-,28-,32-/m1/s1. The van der Waals surface area contributed by atoms with Gasteiger partial charge in [0, 0.05) is 47.3 Å². The lowest BCUT2D eigenvalue weighted by Gasteiger charge is -2.22. The van der Waals surface area contributed by atoms with Gasteiger partial charge < -0.3 is 60.3 Å². The van der Waals surface area contributed by atoms with E-state index >= 15 is 0 Å². The number of aliphatic hydroxyl groups is 1. The summed E-state index contributed by atoms with van der Waals surface area (Å²) in [5, 5.41) is 36.7. The van der Waals surface area contributed by atoms with Crippen LogP contribution in [0.3, 0.4) is 0 Å². The van der Waals surface area contributed by atoms with Crippen molar-refractivity contribution >= 4 is 61.6 Å². The summed E-state index contributed by atoms with van der Waals surface area (Å²) in [4.78, 5) is 90.5. The zero-order valence-electron chi connectivity index (χ0n) is 30.2. The fourth-order valence-electron chi connectivity index (χ4n) is 6.42. The van der Waals surface area contributed by atoms with E-state index in [1.165, 1.54) is 65.5 Å². The third-order valence-electron chi connectivity index (χ3n) is 8.97. The Balaban J connectivity index is 1.05. The monoisotopic (exact) mass is 871 g/mol. The van der Waals surface area contributed by atoms with E-state index in [0.29, 0.717) is 16.5 Å². The molecule has 1 aliphatic carbocycles. The van der Waals surface area contributed by atoms with Gasteiger partial charge in [0.15, 0.2) is 29.2 Å². The van der Waals surface area contributed by atoms with Gasteiger partial charge >= 0.3 is 27.7 Å². The van der Waals surface area contributed by atoms with Crippen LogP contribution in [0.4, 0.5) is 10.6 Å². The molecule has 10 N–H and O–H groups in total. The first-order valence-electron chi connectivity index (χ1n) is 17.2.